The van der Waals surface area contributed by atoms with Crippen LogP contribution in [0.15, 0.2) is 21.2 Å². The van der Waals surface area contributed by atoms with Crippen molar-refractivity contribution in [3.05, 3.63) is 22.6 Å². The van der Waals surface area contributed by atoms with Crippen molar-refractivity contribution >= 4 is 21.8 Å². The zero-order valence-corrected chi connectivity index (χ0v) is 10.4. The predicted molar refractivity (Wildman–Crippen MR) is 62.2 cm³/mol. The van der Waals surface area contributed by atoms with E-state index in [4.69, 9.17) is 4.42 Å². The molecule has 4 nitrogen and oxygen atoms in total. The number of nitrogens with zero attached hydrogens (tertiary/aromatic N) is 1. The Morgan fingerprint density at radius 2 is 2.44 bits per heavy atom. The Morgan fingerprint density at radius 1 is 1.56 bits per heavy atom. The molecule has 0 spiro atoms. The van der Waals surface area contributed by atoms with Crippen molar-refractivity contribution in [2.75, 3.05) is 19.6 Å². The fraction of sp³-hybridized carbons (Fsp3) is 0.545. The van der Waals surface area contributed by atoms with E-state index in [2.05, 4.69) is 21.2 Å². The summed E-state index contributed by atoms with van der Waals surface area (Å²) in [6.45, 7) is 2.67. The number of halogens is 1. The van der Waals surface area contributed by atoms with Gasteiger partial charge in [0.25, 0.3) is 5.91 Å². The number of fused-ring (bicyclic) bond motifs is 2. The van der Waals surface area contributed by atoms with Gasteiger partial charge in [-0.25, -0.2) is 0 Å². The van der Waals surface area contributed by atoms with E-state index in [-0.39, 0.29) is 5.91 Å². The molecule has 2 aliphatic rings. The average Bonchev–Trinajstić information content (AvgIpc) is 2.84. The van der Waals surface area contributed by atoms with E-state index in [1.165, 1.54) is 12.7 Å². The standard InChI is InChI=1S/C11H13BrN2O2/c12-9-1-2-16-10(9)11(15)14-5-7-3-8(6-14)13-4-7/h1-2,7-8,13H,3-6H2. The van der Waals surface area contributed by atoms with Crippen molar-refractivity contribution < 1.29 is 9.21 Å². The number of furan rings is 1. The maximum absolute atomic E-state index is 12.2. The normalized spacial score (nSPS) is 28.4. The summed E-state index contributed by atoms with van der Waals surface area (Å²) in [7, 11) is 0. The number of carbonyl (C=O) groups is 1. The van der Waals surface area contributed by atoms with Gasteiger partial charge in [-0.15, -0.1) is 0 Å². The van der Waals surface area contributed by atoms with Crippen LogP contribution < -0.4 is 5.32 Å². The van der Waals surface area contributed by atoms with E-state index in [0.717, 1.165) is 24.1 Å². The quantitative estimate of drug-likeness (QED) is 0.850. The van der Waals surface area contributed by atoms with Crippen molar-refractivity contribution in [3.63, 3.8) is 0 Å². The second kappa shape index (κ2) is 3.89. The van der Waals surface area contributed by atoms with Crippen LogP contribution in [0.4, 0.5) is 0 Å². The van der Waals surface area contributed by atoms with Crippen LogP contribution in [0.3, 0.4) is 0 Å². The highest BCUT2D eigenvalue weighted by Gasteiger charge is 2.35. The lowest BCUT2D eigenvalue weighted by Gasteiger charge is -2.30. The highest BCUT2D eigenvalue weighted by Crippen LogP contribution is 2.26. The summed E-state index contributed by atoms with van der Waals surface area (Å²) in [5.74, 6) is 1.02. The highest BCUT2D eigenvalue weighted by atomic mass is 79.9. The molecule has 0 aliphatic carbocycles. The van der Waals surface area contributed by atoms with E-state index >= 15 is 0 Å². The second-order valence-electron chi connectivity index (χ2n) is 4.51. The van der Waals surface area contributed by atoms with Gasteiger partial charge in [-0.3, -0.25) is 4.79 Å². The van der Waals surface area contributed by atoms with Crippen LogP contribution in [0.25, 0.3) is 0 Å². The largest absolute Gasteiger partial charge is 0.458 e. The molecule has 1 aromatic heterocycles. The van der Waals surface area contributed by atoms with Crippen molar-refractivity contribution in [2.45, 2.75) is 12.5 Å². The molecule has 2 unspecified atom stereocenters. The predicted octanol–water partition coefficient (Wildman–Crippen LogP) is 1.48. The van der Waals surface area contributed by atoms with Crippen LogP contribution in [0.2, 0.25) is 0 Å². The van der Waals surface area contributed by atoms with Crippen molar-refractivity contribution in [1.82, 2.24) is 10.2 Å². The number of hydrogen-bond acceptors (Lipinski definition) is 3. The van der Waals surface area contributed by atoms with Gasteiger partial charge in [-0.1, -0.05) is 0 Å². The highest BCUT2D eigenvalue weighted by molar-refractivity contribution is 9.10. The summed E-state index contributed by atoms with van der Waals surface area (Å²) in [5.41, 5.74) is 0. The molecule has 0 aromatic carbocycles. The Balaban J connectivity index is 1.79. The second-order valence-corrected chi connectivity index (χ2v) is 5.37. The van der Waals surface area contributed by atoms with Crippen molar-refractivity contribution in [3.8, 4) is 0 Å². The van der Waals surface area contributed by atoms with Gasteiger partial charge in [-0.2, -0.15) is 0 Å². The molecule has 3 heterocycles. The van der Waals surface area contributed by atoms with E-state index in [0.29, 0.717) is 17.7 Å². The summed E-state index contributed by atoms with van der Waals surface area (Å²) in [6.07, 6.45) is 2.73. The third-order valence-corrected chi connectivity index (χ3v) is 3.96. The summed E-state index contributed by atoms with van der Waals surface area (Å²) in [4.78, 5) is 14.1. The number of amides is 1. The fourth-order valence-corrected chi connectivity index (χ4v) is 2.96. The Kier molecular flexibility index (Phi) is 2.52. The number of hydrogen-bond donors (Lipinski definition) is 1. The molecule has 2 aliphatic heterocycles. The first-order valence-corrected chi connectivity index (χ1v) is 6.29. The first-order valence-electron chi connectivity index (χ1n) is 5.49. The lowest BCUT2D eigenvalue weighted by Crippen LogP contribution is -2.44. The first-order chi connectivity index (χ1) is 7.74. The molecule has 2 fully saturated rings. The van der Waals surface area contributed by atoms with E-state index in [1.54, 1.807) is 6.07 Å². The third kappa shape index (κ3) is 1.68. The van der Waals surface area contributed by atoms with Crippen LogP contribution in [0.1, 0.15) is 17.0 Å². The molecule has 0 saturated carbocycles. The summed E-state index contributed by atoms with van der Waals surface area (Å²) in [5, 5.41) is 3.43. The topological polar surface area (TPSA) is 45.5 Å². The van der Waals surface area contributed by atoms with Crippen LogP contribution in [0, 0.1) is 5.92 Å². The summed E-state index contributed by atoms with van der Waals surface area (Å²) >= 11 is 3.32. The molecule has 3 rings (SSSR count). The number of likely N-dealkylation sites (tertiary alicyclic amines) is 1. The summed E-state index contributed by atoms with van der Waals surface area (Å²) in [6, 6.07) is 2.22. The van der Waals surface area contributed by atoms with Gasteiger partial charge >= 0.3 is 0 Å². The lowest BCUT2D eigenvalue weighted by atomic mass is 10.00. The monoisotopic (exact) mass is 284 g/mol. The van der Waals surface area contributed by atoms with Gasteiger partial charge in [0.2, 0.25) is 5.76 Å². The molecule has 2 bridgehead atoms. The Hall–Kier alpha value is -0.810. The molecular weight excluding hydrogens is 272 g/mol. The van der Waals surface area contributed by atoms with Gasteiger partial charge in [0, 0.05) is 25.7 Å². The maximum atomic E-state index is 12.2. The lowest BCUT2D eigenvalue weighted by molar-refractivity contribution is 0.0658. The van der Waals surface area contributed by atoms with Gasteiger partial charge in [0.05, 0.1) is 10.7 Å². The number of piperidine rings is 1. The molecule has 16 heavy (non-hydrogen) atoms. The zero-order valence-electron chi connectivity index (χ0n) is 8.78. The smallest absolute Gasteiger partial charge is 0.290 e. The van der Waals surface area contributed by atoms with Gasteiger partial charge in [0.1, 0.15) is 0 Å². The molecule has 1 N–H and O–H groups in total. The molecular formula is C11H13BrN2O2. The van der Waals surface area contributed by atoms with E-state index in [9.17, 15) is 4.79 Å². The maximum Gasteiger partial charge on any atom is 0.290 e. The Labute approximate surface area is 102 Å². The number of rotatable bonds is 1. The average molecular weight is 285 g/mol. The molecule has 0 radical (unpaired) electrons. The van der Waals surface area contributed by atoms with Gasteiger partial charge in [-0.05, 0) is 34.3 Å². The first kappa shape index (κ1) is 10.4. The van der Waals surface area contributed by atoms with Gasteiger partial charge in [0.15, 0.2) is 0 Å². The minimum Gasteiger partial charge on any atom is -0.458 e. The number of nitrogens with one attached hydrogen (secondary N) is 1. The third-order valence-electron chi connectivity index (χ3n) is 3.33. The van der Waals surface area contributed by atoms with Crippen LogP contribution in [0.5, 0.6) is 0 Å². The zero-order chi connectivity index (χ0) is 11.1. The molecule has 86 valence electrons. The van der Waals surface area contributed by atoms with E-state index < -0.39 is 0 Å². The Morgan fingerprint density at radius 3 is 3.12 bits per heavy atom. The van der Waals surface area contributed by atoms with Crippen LogP contribution >= 0.6 is 15.9 Å². The molecule has 1 aromatic rings. The molecule has 2 saturated heterocycles. The minimum atomic E-state index is -0.00437. The fourth-order valence-electron chi connectivity index (χ4n) is 2.59. The Bertz CT molecular complexity index is 406. The van der Waals surface area contributed by atoms with Gasteiger partial charge < -0.3 is 14.6 Å². The number of carbonyl (C=O) groups excluding carboxylic acids is 1. The molecule has 5 heteroatoms. The van der Waals surface area contributed by atoms with E-state index in [1.807, 2.05) is 4.90 Å². The molecule has 2 atom stereocenters. The van der Waals surface area contributed by atoms with Crippen molar-refractivity contribution in [2.24, 2.45) is 5.92 Å². The summed E-state index contributed by atoms with van der Waals surface area (Å²) < 4.78 is 5.95. The SMILES string of the molecule is O=C(c1occc1Br)N1CC2CNC(C2)C1. The van der Waals surface area contributed by atoms with Crippen molar-refractivity contribution in [1.29, 1.82) is 0 Å². The minimum absolute atomic E-state index is 0.00437. The van der Waals surface area contributed by atoms with Crippen LogP contribution in [-0.2, 0) is 0 Å². The van der Waals surface area contributed by atoms with Crippen LogP contribution in [-0.4, -0.2) is 36.5 Å². The molecule has 1 amide bonds.